The molecule has 10 heteroatoms. The zero-order chi connectivity index (χ0) is 19.6. The molecule has 0 spiro atoms. The van der Waals surface area contributed by atoms with Gasteiger partial charge in [-0.05, 0) is 36.4 Å². The van der Waals surface area contributed by atoms with Gasteiger partial charge in [0.1, 0.15) is 24.5 Å². The third kappa shape index (κ3) is 8.27. The summed E-state index contributed by atoms with van der Waals surface area (Å²) in [4.78, 5) is 10.0. The lowest BCUT2D eigenvalue weighted by atomic mass is 10.3. The van der Waals surface area contributed by atoms with Crippen LogP contribution in [0.2, 0.25) is 5.02 Å². The van der Waals surface area contributed by atoms with Gasteiger partial charge in [0.05, 0.1) is 6.26 Å². The SMILES string of the molecule is Cn1ncnc1CN=C(NCCSc1ccc(Cl)cc1)NCCc1ccco1.I. The number of thioether (sulfide) groups is 1. The molecule has 0 aliphatic carbocycles. The van der Waals surface area contributed by atoms with Crippen LogP contribution in [0.15, 0.2) is 63.3 Å². The molecule has 0 aliphatic rings. The monoisotopic (exact) mass is 546 g/mol. The Morgan fingerprint density at radius 3 is 2.69 bits per heavy atom. The highest BCUT2D eigenvalue weighted by Crippen LogP contribution is 2.19. The number of hydrogen-bond acceptors (Lipinski definition) is 5. The Hall–Kier alpha value is -1.72. The van der Waals surface area contributed by atoms with Crippen molar-refractivity contribution in [2.75, 3.05) is 18.8 Å². The molecule has 0 saturated carbocycles. The second-order valence-corrected chi connectivity index (χ2v) is 7.55. The molecule has 156 valence electrons. The van der Waals surface area contributed by atoms with Crippen molar-refractivity contribution >= 4 is 53.3 Å². The van der Waals surface area contributed by atoms with Crippen molar-refractivity contribution in [1.82, 2.24) is 25.4 Å². The average Bonchev–Trinajstić information content (AvgIpc) is 3.36. The Morgan fingerprint density at radius 1 is 1.21 bits per heavy atom. The molecule has 0 amide bonds. The number of halogens is 2. The molecule has 7 nitrogen and oxygen atoms in total. The molecule has 2 aromatic heterocycles. The van der Waals surface area contributed by atoms with Crippen LogP contribution in [0.5, 0.6) is 0 Å². The number of rotatable bonds is 9. The lowest BCUT2D eigenvalue weighted by molar-refractivity contribution is 0.507. The summed E-state index contributed by atoms with van der Waals surface area (Å²) in [7, 11) is 1.86. The van der Waals surface area contributed by atoms with E-state index in [1.165, 1.54) is 11.2 Å². The van der Waals surface area contributed by atoms with Gasteiger partial charge in [-0.3, -0.25) is 4.68 Å². The van der Waals surface area contributed by atoms with Crippen LogP contribution in [0.1, 0.15) is 11.6 Å². The molecule has 0 saturated heterocycles. The summed E-state index contributed by atoms with van der Waals surface area (Å²) in [5.74, 6) is 3.40. The molecule has 1 aromatic carbocycles. The fourth-order valence-corrected chi connectivity index (χ4v) is 3.31. The maximum atomic E-state index is 5.92. The van der Waals surface area contributed by atoms with Crippen LogP contribution in [0.4, 0.5) is 0 Å². The third-order valence-corrected chi connectivity index (χ3v) is 5.17. The van der Waals surface area contributed by atoms with Gasteiger partial charge in [-0.2, -0.15) is 5.10 Å². The van der Waals surface area contributed by atoms with Gasteiger partial charge in [0.2, 0.25) is 0 Å². The standard InChI is InChI=1S/C19H23ClN6OS.HI/c1-26-18(24-14-25-26)13-23-19(21-9-8-16-3-2-11-27-16)22-10-12-28-17-6-4-15(20)5-7-17;/h2-7,11,14H,8-10,12-13H2,1H3,(H2,21,22,23);1H. The minimum absolute atomic E-state index is 0. The summed E-state index contributed by atoms with van der Waals surface area (Å²) in [5, 5.41) is 11.5. The van der Waals surface area contributed by atoms with Gasteiger partial charge in [0.15, 0.2) is 5.96 Å². The van der Waals surface area contributed by atoms with Crippen molar-refractivity contribution in [2.24, 2.45) is 12.0 Å². The Bertz CT molecular complexity index is 869. The smallest absolute Gasteiger partial charge is 0.191 e. The molecule has 29 heavy (non-hydrogen) atoms. The summed E-state index contributed by atoms with van der Waals surface area (Å²) in [6, 6.07) is 11.7. The maximum absolute atomic E-state index is 5.92. The fraction of sp³-hybridized carbons (Fsp3) is 0.316. The van der Waals surface area contributed by atoms with E-state index in [4.69, 9.17) is 16.0 Å². The van der Waals surface area contributed by atoms with Crippen LogP contribution in [0.25, 0.3) is 0 Å². The lowest BCUT2D eigenvalue weighted by Gasteiger charge is -2.12. The van der Waals surface area contributed by atoms with Crippen molar-refractivity contribution in [3.63, 3.8) is 0 Å². The quantitative estimate of drug-likeness (QED) is 0.140. The topological polar surface area (TPSA) is 80.3 Å². The number of benzene rings is 1. The van der Waals surface area contributed by atoms with E-state index >= 15 is 0 Å². The molecule has 0 unspecified atom stereocenters. The second-order valence-electron chi connectivity index (χ2n) is 5.95. The number of furan rings is 1. The summed E-state index contributed by atoms with van der Waals surface area (Å²) < 4.78 is 7.09. The first-order chi connectivity index (χ1) is 13.7. The molecule has 0 atom stereocenters. The lowest BCUT2D eigenvalue weighted by Crippen LogP contribution is -2.39. The van der Waals surface area contributed by atoms with E-state index in [0.717, 1.165) is 47.8 Å². The van der Waals surface area contributed by atoms with Gasteiger partial charge >= 0.3 is 0 Å². The molecule has 0 bridgehead atoms. The van der Waals surface area contributed by atoms with Crippen molar-refractivity contribution in [3.8, 4) is 0 Å². The van der Waals surface area contributed by atoms with Crippen LogP contribution in [0, 0.1) is 0 Å². The van der Waals surface area contributed by atoms with E-state index in [-0.39, 0.29) is 24.0 Å². The first kappa shape index (κ1) is 23.6. The predicted molar refractivity (Wildman–Crippen MR) is 128 cm³/mol. The Labute approximate surface area is 196 Å². The zero-order valence-electron chi connectivity index (χ0n) is 16.0. The number of guanidine groups is 1. The second kappa shape index (κ2) is 12.8. The largest absolute Gasteiger partial charge is 0.469 e. The Balaban J connectivity index is 0.00000300. The molecule has 3 rings (SSSR count). The highest BCUT2D eigenvalue weighted by Gasteiger charge is 2.03. The Morgan fingerprint density at radius 2 is 2.00 bits per heavy atom. The third-order valence-electron chi connectivity index (χ3n) is 3.90. The molecule has 0 radical (unpaired) electrons. The van der Waals surface area contributed by atoms with E-state index < -0.39 is 0 Å². The predicted octanol–water partition coefficient (Wildman–Crippen LogP) is 3.75. The van der Waals surface area contributed by atoms with Crippen LogP contribution in [-0.4, -0.2) is 39.6 Å². The first-order valence-corrected chi connectivity index (χ1v) is 10.3. The van der Waals surface area contributed by atoms with Gasteiger partial charge in [-0.1, -0.05) is 11.6 Å². The van der Waals surface area contributed by atoms with Gasteiger partial charge in [-0.15, -0.1) is 35.7 Å². The van der Waals surface area contributed by atoms with Crippen molar-refractivity contribution in [2.45, 2.75) is 17.9 Å². The highest BCUT2D eigenvalue weighted by molar-refractivity contribution is 14.0. The minimum atomic E-state index is 0. The number of aromatic nitrogens is 3. The van der Waals surface area contributed by atoms with E-state index in [0.29, 0.717) is 6.54 Å². The van der Waals surface area contributed by atoms with E-state index in [2.05, 4.69) is 25.7 Å². The number of aryl methyl sites for hydroxylation is 1. The van der Waals surface area contributed by atoms with Crippen molar-refractivity contribution in [3.05, 3.63) is 65.6 Å². The molecule has 2 heterocycles. The Kier molecular flexibility index (Phi) is 10.4. The van der Waals surface area contributed by atoms with E-state index in [1.807, 2.05) is 43.4 Å². The van der Waals surface area contributed by atoms with Crippen LogP contribution in [0.3, 0.4) is 0 Å². The summed E-state index contributed by atoms with van der Waals surface area (Å²) >= 11 is 7.69. The van der Waals surface area contributed by atoms with Crippen LogP contribution >= 0.6 is 47.3 Å². The highest BCUT2D eigenvalue weighted by atomic mass is 127. The van der Waals surface area contributed by atoms with E-state index in [1.54, 1.807) is 22.7 Å². The maximum Gasteiger partial charge on any atom is 0.191 e. The number of hydrogen-bond donors (Lipinski definition) is 2. The van der Waals surface area contributed by atoms with Crippen molar-refractivity contribution < 1.29 is 4.42 Å². The molecular weight excluding hydrogens is 523 g/mol. The number of aliphatic imine (C=N–C) groups is 1. The summed E-state index contributed by atoms with van der Waals surface area (Å²) in [6.07, 6.45) is 4.01. The number of nitrogens with zero attached hydrogens (tertiary/aromatic N) is 4. The van der Waals surface area contributed by atoms with Crippen molar-refractivity contribution in [1.29, 1.82) is 0 Å². The summed E-state index contributed by atoms with van der Waals surface area (Å²) in [5.41, 5.74) is 0. The van der Waals surface area contributed by atoms with Gasteiger partial charge in [0, 0.05) is 42.2 Å². The fourth-order valence-electron chi connectivity index (χ4n) is 2.42. The average molecular weight is 547 g/mol. The molecular formula is C19H24ClIN6OS. The van der Waals surface area contributed by atoms with Gasteiger partial charge in [-0.25, -0.2) is 9.98 Å². The van der Waals surface area contributed by atoms with Gasteiger partial charge in [0.25, 0.3) is 0 Å². The van der Waals surface area contributed by atoms with Crippen LogP contribution < -0.4 is 10.6 Å². The number of nitrogens with one attached hydrogen (secondary N) is 2. The van der Waals surface area contributed by atoms with E-state index in [9.17, 15) is 0 Å². The van der Waals surface area contributed by atoms with Gasteiger partial charge < -0.3 is 15.1 Å². The normalized spacial score (nSPS) is 11.2. The molecule has 0 aliphatic heterocycles. The summed E-state index contributed by atoms with van der Waals surface area (Å²) in [6.45, 7) is 1.96. The zero-order valence-corrected chi connectivity index (χ0v) is 19.9. The molecule has 0 fully saturated rings. The van der Waals surface area contributed by atoms with Crippen LogP contribution in [-0.2, 0) is 20.0 Å². The first-order valence-electron chi connectivity index (χ1n) is 8.96. The molecule has 2 N–H and O–H groups in total. The molecule has 3 aromatic rings. The minimum Gasteiger partial charge on any atom is -0.469 e.